The SMILES string of the molecule is Cc1ccc(F)c(-n2nc(C(=O)NC3(C(=O)O)CCOCC3)c3c2CCC3)c1. The number of nitrogens with zero attached hydrogens (tertiary/aromatic N) is 2. The Hall–Kier alpha value is -2.74. The molecule has 7 nitrogen and oxygen atoms in total. The predicted molar refractivity (Wildman–Crippen MR) is 98.2 cm³/mol. The highest BCUT2D eigenvalue weighted by Gasteiger charge is 2.43. The van der Waals surface area contributed by atoms with E-state index in [0.29, 0.717) is 18.5 Å². The maximum atomic E-state index is 14.4. The van der Waals surface area contributed by atoms with Crippen molar-refractivity contribution in [1.29, 1.82) is 0 Å². The number of carboxylic acid groups (broad SMARTS) is 1. The largest absolute Gasteiger partial charge is 0.480 e. The van der Waals surface area contributed by atoms with Gasteiger partial charge in [0.05, 0.1) is 0 Å². The number of aromatic nitrogens is 2. The number of ether oxygens (including phenoxy) is 1. The van der Waals surface area contributed by atoms with Crippen molar-refractivity contribution in [3.63, 3.8) is 0 Å². The third kappa shape index (κ3) is 3.07. The van der Waals surface area contributed by atoms with Gasteiger partial charge >= 0.3 is 5.97 Å². The summed E-state index contributed by atoms with van der Waals surface area (Å²) in [6, 6.07) is 4.76. The van der Waals surface area contributed by atoms with Gasteiger partial charge in [-0.2, -0.15) is 5.10 Å². The van der Waals surface area contributed by atoms with E-state index in [1.165, 1.54) is 10.7 Å². The molecule has 1 aliphatic carbocycles. The summed E-state index contributed by atoms with van der Waals surface area (Å²) < 4.78 is 21.2. The van der Waals surface area contributed by atoms with Crippen LogP contribution < -0.4 is 5.32 Å². The molecule has 8 heteroatoms. The Bertz CT molecular complexity index is 947. The summed E-state index contributed by atoms with van der Waals surface area (Å²) in [6.07, 6.45) is 2.60. The number of amides is 1. The van der Waals surface area contributed by atoms with Gasteiger partial charge in [-0.15, -0.1) is 0 Å². The van der Waals surface area contributed by atoms with Crippen LogP contribution in [0.25, 0.3) is 5.69 Å². The van der Waals surface area contributed by atoms with E-state index in [1.807, 2.05) is 6.92 Å². The number of carbonyl (C=O) groups excluding carboxylic acids is 1. The zero-order valence-electron chi connectivity index (χ0n) is 15.6. The van der Waals surface area contributed by atoms with Crippen molar-refractivity contribution in [3.8, 4) is 5.69 Å². The molecule has 2 heterocycles. The Morgan fingerprint density at radius 1 is 1.29 bits per heavy atom. The lowest BCUT2D eigenvalue weighted by Crippen LogP contribution is -2.57. The minimum atomic E-state index is -1.36. The van der Waals surface area contributed by atoms with Crippen LogP contribution in [-0.2, 0) is 22.4 Å². The average molecular weight is 387 g/mol. The molecule has 1 aromatic carbocycles. The van der Waals surface area contributed by atoms with Crippen LogP contribution in [0.15, 0.2) is 18.2 Å². The van der Waals surface area contributed by atoms with Gasteiger partial charge in [-0.05, 0) is 43.9 Å². The molecule has 0 unspecified atom stereocenters. The summed E-state index contributed by atoms with van der Waals surface area (Å²) in [4.78, 5) is 24.8. The standard InChI is InChI=1S/C20H22FN3O4/c1-12-5-6-14(21)16(11-12)24-15-4-2-3-13(15)17(23-24)18(25)22-20(19(26)27)7-9-28-10-8-20/h5-6,11H,2-4,7-10H2,1H3,(H,22,25)(H,26,27). The highest BCUT2D eigenvalue weighted by Crippen LogP contribution is 2.30. The number of carboxylic acids is 1. The number of hydrogen-bond acceptors (Lipinski definition) is 4. The number of carbonyl (C=O) groups is 2. The lowest BCUT2D eigenvalue weighted by molar-refractivity contribution is -0.148. The highest BCUT2D eigenvalue weighted by molar-refractivity contribution is 5.98. The molecule has 0 saturated carbocycles. The monoisotopic (exact) mass is 387 g/mol. The van der Waals surface area contributed by atoms with E-state index in [0.717, 1.165) is 23.2 Å². The first-order chi connectivity index (χ1) is 13.4. The van der Waals surface area contributed by atoms with Gasteiger partial charge in [0.2, 0.25) is 0 Å². The molecule has 1 aliphatic heterocycles. The number of nitrogens with one attached hydrogen (secondary N) is 1. The van der Waals surface area contributed by atoms with Crippen LogP contribution in [0.2, 0.25) is 0 Å². The second-order valence-corrected chi connectivity index (χ2v) is 7.45. The number of benzene rings is 1. The van der Waals surface area contributed by atoms with E-state index in [-0.39, 0.29) is 31.7 Å². The molecule has 1 saturated heterocycles. The van der Waals surface area contributed by atoms with Crippen LogP contribution in [0.1, 0.15) is 46.6 Å². The lowest BCUT2D eigenvalue weighted by atomic mass is 9.90. The van der Waals surface area contributed by atoms with Crippen molar-refractivity contribution in [1.82, 2.24) is 15.1 Å². The zero-order chi connectivity index (χ0) is 19.9. The van der Waals surface area contributed by atoms with Crippen LogP contribution >= 0.6 is 0 Å². The molecule has 2 aliphatic rings. The maximum absolute atomic E-state index is 14.4. The molecular weight excluding hydrogens is 365 g/mol. The van der Waals surface area contributed by atoms with Crippen molar-refractivity contribution >= 4 is 11.9 Å². The number of aryl methyl sites for hydroxylation is 1. The Morgan fingerprint density at radius 2 is 2.04 bits per heavy atom. The van der Waals surface area contributed by atoms with Gasteiger partial charge in [-0.1, -0.05) is 6.07 Å². The smallest absolute Gasteiger partial charge is 0.329 e. The summed E-state index contributed by atoms with van der Waals surface area (Å²) in [5.41, 5.74) is 1.59. The molecule has 2 aromatic rings. The molecule has 148 valence electrons. The second-order valence-electron chi connectivity index (χ2n) is 7.45. The normalized spacial score (nSPS) is 17.9. The van der Waals surface area contributed by atoms with E-state index in [4.69, 9.17) is 4.74 Å². The Labute approximate surface area is 161 Å². The van der Waals surface area contributed by atoms with Gasteiger partial charge in [-0.25, -0.2) is 13.9 Å². The average Bonchev–Trinajstić information content (AvgIpc) is 3.27. The minimum absolute atomic E-state index is 0.181. The molecule has 2 N–H and O–H groups in total. The van der Waals surface area contributed by atoms with Crippen molar-refractivity contribution in [3.05, 3.63) is 46.5 Å². The molecular formula is C20H22FN3O4. The van der Waals surface area contributed by atoms with Crippen LogP contribution in [0.4, 0.5) is 4.39 Å². The van der Waals surface area contributed by atoms with Gasteiger partial charge in [-0.3, -0.25) is 4.79 Å². The van der Waals surface area contributed by atoms with Gasteiger partial charge in [0.1, 0.15) is 17.0 Å². The third-order valence-electron chi connectivity index (χ3n) is 5.58. The van der Waals surface area contributed by atoms with Gasteiger partial charge in [0, 0.05) is 37.3 Å². The quantitative estimate of drug-likeness (QED) is 0.839. The van der Waals surface area contributed by atoms with E-state index in [9.17, 15) is 19.1 Å². The van der Waals surface area contributed by atoms with Crippen molar-refractivity contribution < 1.29 is 23.8 Å². The Balaban J connectivity index is 1.72. The van der Waals surface area contributed by atoms with Crippen molar-refractivity contribution in [2.24, 2.45) is 0 Å². The number of rotatable bonds is 4. The van der Waals surface area contributed by atoms with E-state index in [1.54, 1.807) is 12.1 Å². The van der Waals surface area contributed by atoms with E-state index >= 15 is 0 Å². The summed E-state index contributed by atoms with van der Waals surface area (Å²) in [5.74, 6) is -2.03. The maximum Gasteiger partial charge on any atom is 0.329 e. The van der Waals surface area contributed by atoms with Crippen molar-refractivity contribution in [2.75, 3.05) is 13.2 Å². The van der Waals surface area contributed by atoms with Crippen LogP contribution in [0.3, 0.4) is 0 Å². The molecule has 28 heavy (non-hydrogen) atoms. The van der Waals surface area contributed by atoms with E-state index in [2.05, 4.69) is 10.4 Å². The Kier molecular flexibility index (Phi) is 4.66. The van der Waals surface area contributed by atoms with Crippen LogP contribution in [-0.4, -0.2) is 45.5 Å². The fourth-order valence-electron chi connectivity index (χ4n) is 3.99. The topological polar surface area (TPSA) is 93.5 Å². The molecule has 0 spiro atoms. The molecule has 1 aromatic heterocycles. The Morgan fingerprint density at radius 3 is 2.75 bits per heavy atom. The minimum Gasteiger partial charge on any atom is -0.480 e. The lowest BCUT2D eigenvalue weighted by Gasteiger charge is -2.33. The summed E-state index contributed by atoms with van der Waals surface area (Å²) in [6.45, 7) is 2.41. The number of aliphatic carboxylic acids is 1. The van der Waals surface area contributed by atoms with Gasteiger partial charge < -0.3 is 15.2 Å². The molecule has 0 atom stereocenters. The van der Waals surface area contributed by atoms with Crippen LogP contribution in [0.5, 0.6) is 0 Å². The van der Waals surface area contributed by atoms with E-state index < -0.39 is 23.2 Å². The molecule has 0 bridgehead atoms. The summed E-state index contributed by atoms with van der Waals surface area (Å²) >= 11 is 0. The first kappa shape index (κ1) is 18.6. The second kappa shape index (κ2) is 7.01. The summed E-state index contributed by atoms with van der Waals surface area (Å²) in [5, 5.41) is 16.8. The number of fused-ring (bicyclic) bond motifs is 1. The van der Waals surface area contributed by atoms with Gasteiger partial charge in [0.25, 0.3) is 5.91 Å². The number of hydrogen-bond donors (Lipinski definition) is 2. The molecule has 0 radical (unpaired) electrons. The fraction of sp³-hybridized carbons (Fsp3) is 0.450. The van der Waals surface area contributed by atoms with Crippen LogP contribution in [0, 0.1) is 12.7 Å². The molecule has 1 amide bonds. The first-order valence-corrected chi connectivity index (χ1v) is 9.42. The zero-order valence-corrected chi connectivity index (χ0v) is 15.6. The molecule has 1 fully saturated rings. The summed E-state index contributed by atoms with van der Waals surface area (Å²) in [7, 11) is 0. The fourth-order valence-corrected chi connectivity index (χ4v) is 3.99. The first-order valence-electron chi connectivity index (χ1n) is 9.42. The third-order valence-corrected chi connectivity index (χ3v) is 5.58. The van der Waals surface area contributed by atoms with Gasteiger partial charge in [0.15, 0.2) is 5.69 Å². The highest BCUT2D eigenvalue weighted by atomic mass is 19.1. The molecule has 4 rings (SSSR count). The number of halogens is 1. The predicted octanol–water partition coefficient (Wildman–Crippen LogP) is 2.17. The van der Waals surface area contributed by atoms with Crippen molar-refractivity contribution in [2.45, 2.75) is 44.6 Å².